The molecular formula is C26H28N2OS. The van der Waals surface area contributed by atoms with E-state index in [0.29, 0.717) is 0 Å². The van der Waals surface area contributed by atoms with Crippen molar-refractivity contribution in [2.24, 2.45) is 5.92 Å². The number of piperidine rings is 1. The van der Waals surface area contributed by atoms with Crippen LogP contribution in [0.1, 0.15) is 24.0 Å². The van der Waals surface area contributed by atoms with Crippen LogP contribution in [0.5, 0.6) is 0 Å². The maximum absolute atomic E-state index is 12.9. The Morgan fingerprint density at radius 2 is 1.60 bits per heavy atom. The highest BCUT2D eigenvalue weighted by Gasteiger charge is 2.25. The minimum absolute atomic E-state index is 0.0778. The summed E-state index contributed by atoms with van der Waals surface area (Å²) in [6.07, 6.45) is 1.82. The van der Waals surface area contributed by atoms with Gasteiger partial charge >= 0.3 is 0 Å². The summed E-state index contributed by atoms with van der Waals surface area (Å²) in [6.45, 7) is 5.01. The van der Waals surface area contributed by atoms with Crippen LogP contribution in [-0.4, -0.2) is 23.9 Å². The smallest absolute Gasteiger partial charge is 0.227 e. The first-order chi connectivity index (χ1) is 14.7. The zero-order chi connectivity index (χ0) is 20.8. The number of hydrogen-bond acceptors (Lipinski definition) is 3. The van der Waals surface area contributed by atoms with E-state index in [1.165, 1.54) is 16.0 Å². The van der Waals surface area contributed by atoms with Gasteiger partial charge in [0.1, 0.15) is 0 Å². The minimum Gasteiger partial charge on any atom is -0.325 e. The van der Waals surface area contributed by atoms with E-state index in [1.807, 2.05) is 36.4 Å². The highest BCUT2D eigenvalue weighted by molar-refractivity contribution is 7.99. The monoisotopic (exact) mass is 416 g/mol. The lowest BCUT2D eigenvalue weighted by Gasteiger charge is -2.31. The van der Waals surface area contributed by atoms with Crippen molar-refractivity contribution in [2.75, 3.05) is 18.4 Å². The van der Waals surface area contributed by atoms with Crippen molar-refractivity contribution in [3.63, 3.8) is 0 Å². The Labute approximate surface area is 183 Å². The molecule has 0 atom stereocenters. The predicted molar refractivity (Wildman–Crippen MR) is 125 cm³/mol. The fourth-order valence-electron chi connectivity index (χ4n) is 3.81. The summed E-state index contributed by atoms with van der Waals surface area (Å²) in [5.74, 6) is 0.222. The first kappa shape index (κ1) is 20.7. The Hall–Kier alpha value is -2.56. The first-order valence-corrected chi connectivity index (χ1v) is 11.4. The van der Waals surface area contributed by atoms with Crippen LogP contribution in [0.3, 0.4) is 0 Å². The van der Waals surface area contributed by atoms with Gasteiger partial charge in [0.05, 0.1) is 5.69 Å². The number of hydrogen-bond donors (Lipinski definition) is 1. The number of carbonyl (C=O) groups excluding carboxylic acids is 1. The minimum atomic E-state index is 0.0778. The maximum Gasteiger partial charge on any atom is 0.227 e. The number of para-hydroxylation sites is 1. The summed E-state index contributed by atoms with van der Waals surface area (Å²) in [4.78, 5) is 17.6. The van der Waals surface area contributed by atoms with Crippen LogP contribution >= 0.6 is 11.8 Å². The van der Waals surface area contributed by atoms with Gasteiger partial charge in [0.25, 0.3) is 0 Å². The van der Waals surface area contributed by atoms with E-state index in [4.69, 9.17) is 0 Å². The molecule has 4 heteroatoms. The average molecular weight is 417 g/mol. The topological polar surface area (TPSA) is 32.3 Å². The molecule has 1 aliphatic heterocycles. The van der Waals surface area contributed by atoms with Crippen LogP contribution < -0.4 is 5.32 Å². The van der Waals surface area contributed by atoms with Crippen molar-refractivity contribution in [2.45, 2.75) is 36.1 Å². The third-order valence-electron chi connectivity index (χ3n) is 5.60. The summed E-state index contributed by atoms with van der Waals surface area (Å²) >= 11 is 1.68. The normalized spacial score (nSPS) is 15.1. The van der Waals surface area contributed by atoms with Crippen LogP contribution in [0.15, 0.2) is 88.7 Å². The molecule has 1 aliphatic rings. The molecule has 0 bridgehead atoms. The van der Waals surface area contributed by atoms with Crippen molar-refractivity contribution in [1.29, 1.82) is 0 Å². The van der Waals surface area contributed by atoms with E-state index >= 15 is 0 Å². The maximum atomic E-state index is 12.9. The van der Waals surface area contributed by atoms with Gasteiger partial charge in [-0.15, -0.1) is 0 Å². The van der Waals surface area contributed by atoms with E-state index in [2.05, 4.69) is 59.6 Å². The number of nitrogens with zero attached hydrogens (tertiary/aromatic N) is 1. The number of benzene rings is 3. The molecule has 154 valence electrons. The summed E-state index contributed by atoms with van der Waals surface area (Å²) in [5.41, 5.74) is 3.54. The molecule has 3 nitrogen and oxygen atoms in total. The lowest BCUT2D eigenvalue weighted by atomic mass is 9.95. The molecule has 0 unspecified atom stereocenters. The molecule has 1 heterocycles. The number of aryl methyl sites for hydroxylation is 1. The highest BCUT2D eigenvalue weighted by atomic mass is 32.2. The van der Waals surface area contributed by atoms with Gasteiger partial charge in [-0.25, -0.2) is 0 Å². The van der Waals surface area contributed by atoms with Crippen molar-refractivity contribution in [3.05, 3.63) is 90.0 Å². The Bertz CT molecular complexity index is 964. The van der Waals surface area contributed by atoms with Gasteiger partial charge in [-0.1, -0.05) is 71.9 Å². The van der Waals surface area contributed by atoms with E-state index in [0.717, 1.165) is 43.1 Å². The van der Waals surface area contributed by atoms with Gasteiger partial charge in [0.2, 0.25) is 5.91 Å². The molecule has 1 fully saturated rings. The second-order valence-corrected chi connectivity index (χ2v) is 9.05. The standard InChI is InChI=1S/C26H28N2OS/c1-20-11-13-21(14-12-20)19-28-17-15-22(16-18-28)26(29)27-24-9-5-6-10-25(24)30-23-7-3-2-4-8-23/h2-14,22H,15-19H2,1H3,(H,27,29). The predicted octanol–water partition coefficient (Wildman–Crippen LogP) is 6.00. The molecule has 0 saturated carbocycles. The molecule has 0 aliphatic carbocycles. The van der Waals surface area contributed by atoms with Crippen molar-refractivity contribution < 1.29 is 4.79 Å². The van der Waals surface area contributed by atoms with Crippen LogP contribution in [0.2, 0.25) is 0 Å². The number of rotatable bonds is 6. The molecule has 0 radical (unpaired) electrons. The third-order valence-corrected chi connectivity index (χ3v) is 6.68. The molecule has 4 rings (SSSR count). The Morgan fingerprint density at radius 3 is 2.33 bits per heavy atom. The van der Waals surface area contributed by atoms with E-state index in [-0.39, 0.29) is 11.8 Å². The summed E-state index contributed by atoms with van der Waals surface area (Å²) in [6, 6.07) is 27.1. The van der Waals surface area contributed by atoms with Crippen LogP contribution in [0.4, 0.5) is 5.69 Å². The highest BCUT2D eigenvalue weighted by Crippen LogP contribution is 2.33. The zero-order valence-electron chi connectivity index (χ0n) is 17.4. The van der Waals surface area contributed by atoms with E-state index in [9.17, 15) is 4.79 Å². The second-order valence-electron chi connectivity index (χ2n) is 7.94. The molecule has 3 aromatic carbocycles. The van der Waals surface area contributed by atoms with E-state index < -0.39 is 0 Å². The second kappa shape index (κ2) is 9.96. The average Bonchev–Trinajstić information content (AvgIpc) is 2.78. The van der Waals surface area contributed by atoms with Crippen LogP contribution in [0.25, 0.3) is 0 Å². The molecule has 0 spiro atoms. The Kier molecular flexibility index (Phi) is 6.88. The summed E-state index contributed by atoms with van der Waals surface area (Å²) < 4.78 is 0. The van der Waals surface area contributed by atoms with Gasteiger partial charge in [-0.05, 0) is 62.7 Å². The van der Waals surface area contributed by atoms with Gasteiger partial charge in [-0.2, -0.15) is 0 Å². The van der Waals surface area contributed by atoms with Gasteiger partial charge in [-0.3, -0.25) is 9.69 Å². The molecule has 1 N–H and O–H groups in total. The van der Waals surface area contributed by atoms with Gasteiger partial charge in [0, 0.05) is 22.3 Å². The lowest BCUT2D eigenvalue weighted by molar-refractivity contribution is -0.121. The van der Waals surface area contributed by atoms with Crippen molar-refractivity contribution in [3.8, 4) is 0 Å². The first-order valence-electron chi connectivity index (χ1n) is 10.6. The largest absolute Gasteiger partial charge is 0.325 e. The fraction of sp³-hybridized carbons (Fsp3) is 0.269. The number of anilines is 1. The Balaban J connectivity index is 1.32. The fourth-order valence-corrected chi connectivity index (χ4v) is 4.74. The summed E-state index contributed by atoms with van der Waals surface area (Å²) in [5, 5.41) is 3.19. The molecule has 30 heavy (non-hydrogen) atoms. The zero-order valence-corrected chi connectivity index (χ0v) is 18.2. The summed E-state index contributed by atoms with van der Waals surface area (Å²) in [7, 11) is 0. The molecular weight excluding hydrogens is 388 g/mol. The van der Waals surface area contributed by atoms with E-state index in [1.54, 1.807) is 11.8 Å². The quantitative estimate of drug-likeness (QED) is 0.535. The SMILES string of the molecule is Cc1ccc(CN2CCC(C(=O)Nc3ccccc3Sc3ccccc3)CC2)cc1. The van der Waals surface area contributed by atoms with Crippen molar-refractivity contribution >= 4 is 23.4 Å². The van der Waals surface area contributed by atoms with Crippen molar-refractivity contribution in [1.82, 2.24) is 4.90 Å². The number of nitrogens with one attached hydrogen (secondary N) is 1. The number of carbonyl (C=O) groups is 1. The van der Waals surface area contributed by atoms with Crippen LogP contribution in [0, 0.1) is 12.8 Å². The van der Waals surface area contributed by atoms with Gasteiger partial charge in [0.15, 0.2) is 0 Å². The molecule has 0 aromatic heterocycles. The molecule has 3 aromatic rings. The van der Waals surface area contributed by atoms with Crippen LogP contribution in [-0.2, 0) is 11.3 Å². The lowest BCUT2D eigenvalue weighted by Crippen LogP contribution is -2.37. The third kappa shape index (κ3) is 5.53. The number of amides is 1. The Morgan fingerprint density at radius 1 is 0.933 bits per heavy atom. The molecule has 1 saturated heterocycles. The number of likely N-dealkylation sites (tertiary alicyclic amines) is 1. The molecule has 1 amide bonds. The van der Waals surface area contributed by atoms with Gasteiger partial charge < -0.3 is 5.32 Å².